The van der Waals surface area contributed by atoms with Crippen molar-refractivity contribution in [1.29, 1.82) is 0 Å². The molecule has 0 radical (unpaired) electrons. The fraction of sp³-hybridized carbons (Fsp3) is 0.263. The Balaban J connectivity index is 1.54. The van der Waals surface area contributed by atoms with E-state index in [9.17, 15) is 19.2 Å². The number of esters is 1. The molecule has 2 heterocycles. The lowest BCUT2D eigenvalue weighted by atomic mass is 10.2. The highest BCUT2D eigenvalue weighted by atomic mass is 32.1. The van der Waals surface area contributed by atoms with Gasteiger partial charge in [0.15, 0.2) is 6.61 Å². The first kappa shape index (κ1) is 18.8. The summed E-state index contributed by atoms with van der Waals surface area (Å²) in [6, 6.07) is 7.90. The Morgan fingerprint density at radius 3 is 2.37 bits per heavy atom. The summed E-state index contributed by atoms with van der Waals surface area (Å²) in [7, 11) is 1.65. The highest BCUT2D eigenvalue weighted by Crippen LogP contribution is 2.23. The van der Waals surface area contributed by atoms with Gasteiger partial charge in [-0.1, -0.05) is 0 Å². The van der Waals surface area contributed by atoms with Crippen LogP contribution in [0.2, 0.25) is 0 Å². The van der Waals surface area contributed by atoms with Crippen LogP contribution in [0, 0.1) is 0 Å². The van der Waals surface area contributed by atoms with Crippen molar-refractivity contribution in [2.75, 3.05) is 18.6 Å². The Kier molecular flexibility index (Phi) is 5.66. The summed E-state index contributed by atoms with van der Waals surface area (Å²) in [5, 5.41) is 3.88. The van der Waals surface area contributed by atoms with E-state index < -0.39 is 5.97 Å². The maximum atomic E-state index is 12.1. The number of benzene rings is 1. The molecule has 0 bridgehead atoms. The van der Waals surface area contributed by atoms with E-state index in [-0.39, 0.29) is 42.7 Å². The number of imide groups is 1. The van der Waals surface area contributed by atoms with Crippen molar-refractivity contribution in [2.45, 2.75) is 19.4 Å². The lowest BCUT2D eigenvalue weighted by molar-refractivity contribution is -0.133. The second kappa shape index (κ2) is 8.13. The molecule has 1 aromatic heterocycles. The van der Waals surface area contributed by atoms with Crippen LogP contribution in [0.4, 0.5) is 5.69 Å². The molecule has 0 N–H and O–H groups in total. The number of thiophene rings is 1. The molecule has 0 saturated carbocycles. The van der Waals surface area contributed by atoms with E-state index in [0.717, 1.165) is 10.5 Å². The van der Waals surface area contributed by atoms with Crippen LogP contribution in [0.5, 0.6) is 0 Å². The molecule has 2 aromatic rings. The summed E-state index contributed by atoms with van der Waals surface area (Å²) in [6.07, 6.45) is 0.396. The van der Waals surface area contributed by atoms with Crippen LogP contribution in [0.25, 0.3) is 0 Å². The minimum absolute atomic E-state index is 0.198. The van der Waals surface area contributed by atoms with Crippen LogP contribution in [-0.2, 0) is 25.7 Å². The molecule has 3 amide bonds. The van der Waals surface area contributed by atoms with Crippen molar-refractivity contribution in [2.24, 2.45) is 0 Å². The number of hydrogen-bond donors (Lipinski definition) is 0. The fourth-order valence-electron chi connectivity index (χ4n) is 2.68. The number of carbonyl (C=O) groups is 4. The number of rotatable bonds is 6. The van der Waals surface area contributed by atoms with Gasteiger partial charge in [0.25, 0.3) is 5.91 Å². The van der Waals surface area contributed by atoms with Crippen molar-refractivity contribution in [3.8, 4) is 0 Å². The molecule has 0 atom stereocenters. The first-order chi connectivity index (χ1) is 13.0. The minimum Gasteiger partial charge on any atom is -0.452 e. The first-order valence-corrected chi connectivity index (χ1v) is 9.28. The Hall–Kier alpha value is -3.00. The second-order valence-corrected chi connectivity index (χ2v) is 6.91. The highest BCUT2D eigenvalue weighted by molar-refractivity contribution is 7.07. The van der Waals surface area contributed by atoms with Gasteiger partial charge in [-0.05, 0) is 46.7 Å². The number of likely N-dealkylation sites (N-methyl/N-ethyl adjacent to an activating group) is 1. The van der Waals surface area contributed by atoms with Crippen molar-refractivity contribution >= 4 is 40.7 Å². The van der Waals surface area contributed by atoms with Crippen molar-refractivity contribution < 1.29 is 23.9 Å². The van der Waals surface area contributed by atoms with Gasteiger partial charge in [-0.15, -0.1) is 0 Å². The molecule has 3 rings (SSSR count). The topological polar surface area (TPSA) is 84.0 Å². The van der Waals surface area contributed by atoms with Crippen molar-refractivity contribution in [1.82, 2.24) is 4.90 Å². The average Bonchev–Trinajstić information content (AvgIpc) is 3.29. The van der Waals surface area contributed by atoms with Gasteiger partial charge in [0.1, 0.15) is 0 Å². The molecule has 0 spiro atoms. The molecule has 0 aliphatic carbocycles. The van der Waals surface area contributed by atoms with Crippen LogP contribution < -0.4 is 4.90 Å². The van der Waals surface area contributed by atoms with Gasteiger partial charge in [0.05, 0.1) is 11.3 Å². The minimum atomic E-state index is -0.641. The predicted octanol–water partition coefficient (Wildman–Crippen LogP) is 2.22. The normalized spacial score (nSPS) is 13.7. The SMILES string of the molecule is CN(Cc1ccsc1)C(=O)COC(=O)c1ccc(N2C(=O)CCC2=O)cc1. The standard InChI is InChI=1S/C19H18N2O5S/c1-20(10-13-8-9-27-12-13)18(24)11-26-19(25)14-2-4-15(5-3-14)21-16(22)6-7-17(21)23/h2-5,8-9,12H,6-7,10-11H2,1H3. The second-order valence-electron chi connectivity index (χ2n) is 6.13. The summed E-state index contributed by atoms with van der Waals surface area (Å²) in [4.78, 5) is 50.2. The molecule has 1 fully saturated rings. The zero-order valence-corrected chi connectivity index (χ0v) is 15.5. The fourth-order valence-corrected chi connectivity index (χ4v) is 3.34. The quantitative estimate of drug-likeness (QED) is 0.561. The van der Waals surface area contributed by atoms with E-state index >= 15 is 0 Å². The lowest BCUT2D eigenvalue weighted by Crippen LogP contribution is -2.30. The molecule has 1 aliphatic heterocycles. The molecule has 27 heavy (non-hydrogen) atoms. The van der Waals surface area contributed by atoms with Gasteiger partial charge in [-0.25, -0.2) is 4.79 Å². The van der Waals surface area contributed by atoms with Crippen molar-refractivity contribution in [3.05, 3.63) is 52.2 Å². The van der Waals surface area contributed by atoms with Gasteiger partial charge >= 0.3 is 5.97 Å². The number of ether oxygens (including phenoxy) is 1. The van der Waals surface area contributed by atoms with Crippen LogP contribution >= 0.6 is 11.3 Å². The number of hydrogen-bond acceptors (Lipinski definition) is 6. The van der Waals surface area contributed by atoms with Gasteiger partial charge < -0.3 is 9.64 Å². The number of amides is 3. The molecule has 0 unspecified atom stereocenters. The van der Waals surface area contributed by atoms with Crippen molar-refractivity contribution in [3.63, 3.8) is 0 Å². The number of anilines is 1. The summed E-state index contributed by atoms with van der Waals surface area (Å²) in [5.41, 5.74) is 1.68. The van der Waals surface area contributed by atoms with Crippen LogP contribution in [0.15, 0.2) is 41.1 Å². The average molecular weight is 386 g/mol. The Morgan fingerprint density at radius 2 is 1.78 bits per heavy atom. The van der Waals surface area contributed by atoms with Crippen LogP contribution in [-0.4, -0.2) is 42.2 Å². The molecular formula is C19H18N2O5S. The Morgan fingerprint density at radius 1 is 1.11 bits per heavy atom. The largest absolute Gasteiger partial charge is 0.452 e. The molecule has 7 nitrogen and oxygen atoms in total. The molecule has 1 aliphatic rings. The van der Waals surface area contributed by atoms with E-state index in [1.54, 1.807) is 18.4 Å². The van der Waals surface area contributed by atoms with Crippen LogP contribution in [0.3, 0.4) is 0 Å². The third kappa shape index (κ3) is 4.40. The summed E-state index contributed by atoms with van der Waals surface area (Å²) < 4.78 is 5.06. The Bertz CT molecular complexity index is 845. The summed E-state index contributed by atoms with van der Waals surface area (Å²) in [6.45, 7) is 0.0940. The molecule has 1 aromatic carbocycles. The smallest absolute Gasteiger partial charge is 0.338 e. The molecule has 8 heteroatoms. The summed E-state index contributed by atoms with van der Waals surface area (Å²) in [5.74, 6) is -1.46. The van der Waals surface area contributed by atoms with E-state index in [1.807, 2.05) is 16.8 Å². The van der Waals surface area contributed by atoms with E-state index in [1.165, 1.54) is 29.2 Å². The van der Waals surface area contributed by atoms with E-state index in [4.69, 9.17) is 4.74 Å². The van der Waals surface area contributed by atoms with Gasteiger partial charge in [0, 0.05) is 26.4 Å². The van der Waals surface area contributed by atoms with E-state index in [0.29, 0.717) is 12.2 Å². The maximum Gasteiger partial charge on any atom is 0.338 e. The third-order valence-corrected chi connectivity index (χ3v) is 4.90. The van der Waals surface area contributed by atoms with Gasteiger partial charge in [-0.2, -0.15) is 11.3 Å². The number of carbonyl (C=O) groups excluding carboxylic acids is 4. The lowest BCUT2D eigenvalue weighted by Gasteiger charge is -2.16. The Labute approximate surface area is 160 Å². The third-order valence-electron chi connectivity index (χ3n) is 4.17. The maximum absolute atomic E-state index is 12.1. The number of nitrogens with zero attached hydrogens (tertiary/aromatic N) is 2. The first-order valence-electron chi connectivity index (χ1n) is 8.33. The molecular weight excluding hydrogens is 368 g/mol. The monoisotopic (exact) mass is 386 g/mol. The van der Waals surface area contributed by atoms with Gasteiger partial charge in [-0.3, -0.25) is 19.3 Å². The molecule has 140 valence electrons. The van der Waals surface area contributed by atoms with Crippen LogP contribution in [0.1, 0.15) is 28.8 Å². The zero-order chi connectivity index (χ0) is 19.4. The predicted molar refractivity (Wildman–Crippen MR) is 99.2 cm³/mol. The highest BCUT2D eigenvalue weighted by Gasteiger charge is 2.30. The summed E-state index contributed by atoms with van der Waals surface area (Å²) >= 11 is 1.55. The molecule has 1 saturated heterocycles. The zero-order valence-electron chi connectivity index (χ0n) is 14.7. The van der Waals surface area contributed by atoms with E-state index in [2.05, 4.69) is 0 Å². The van der Waals surface area contributed by atoms with Gasteiger partial charge in [0.2, 0.25) is 11.8 Å².